The van der Waals surface area contributed by atoms with E-state index in [1.165, 1.54) is 43.4 Å². The average Bonchev–Trinajstić information content (AvgIpc) is 3.17. The molecule has 0 saturated heterocycles. The Morgan fingerprint density at radius 2 is 1.82 bits per heavy atom. The quantitative estimate of drug-likeness (QED) is 0.306. The SMILES string of the molecule is CNCCN(CCF)C(=O)O/N=C(\C)[C@H]1CC[C@H]2[C@@H]3CC[C@H]4C[C@H](O)CC[C@]4(C)[C@H]3CC[C@]12C. The van der Waals surface area contributed by atoms with Crippen molar-refractivity contribution in [1.29, 1.82) is 0 Å². The van der Waals surface area contributed by atoms with Gasteiger partial charge in [-0.25, -0.2) is 9.18 Å². The lowest BCUT2D eigenvalue weighted by atomic mass is 9.44. The number of carbonyl (C=O) groups is 1. The van der Waals surface area contributed by atoms with Gasteiger partial charge in [0.15, 0.2) is 0 Å². The summed E-state index contributed by atoms with van der Waals surface area (Å²) in [7, 11) is 1.80. The molecule has 34 heavy (non-hydrogen) atoms. The Kier molecular flexibility index (Phi) is 7.93. The molecule has 2 N–H and O–H groups in total. The molecule has 4 aliphatic rings. The maximum atomic E-state index is 12.9. The molecule has 0 aromatic carbocycles. The molecule has 4 aliphatic carbocycles. The van der Waals surface area contributed by atoms with Crippen molar-refractivity contribution in [3.05, 3.63) is 0 Å². The second-order valence-electron chi connectivity index (χ2n) is 12.1. The van der Waals surface area contributed by atoms with E-state index in [2.05, 4.69) is 24.3 Å². The van der Waals surface area contributed by atoms with Crippen LogP contribution in [0.15, 0.2) is 5.16 Å². The third-order valence-electron chi connectivity index (χ3n) is 10.7. The monoisotopic (exact) mass is 479 g/mol. The fourth-order valence-corrected chi connectivity index (χ4v) is 8.80. The lowest BCUT2D eigenvalue weighted by Gasteiger charge is -2.61. The minimum atomic E-state index is -0.592. The van der Waals surface area contributed by atoms with Crippen molar-refractivity contribution in [3.8, 4) is 0 Å². The molecule has 0 aliphatic heterocycles. The normalized spacial score (nSPS) is 41.9. The van der Waals surface area contributed by atoms with E-state index < -0.39 is 12.8 Å². The Hall–Kier alpha value is -1.21. The summed E-state index contributed by atoms with van der Waals surface area (Å²) in [4.78, 5) is 19.2. The molecule has 0 bridgehead atoms. The number of carbonyl (C=O) groups excluding carboxylic acids is 1. The predicted octanol–water partition coefficient (Wildman–Crippen LogP) is 5.01. The number of fused-ring (bicyclic) bond motifs is 5. The molecule has 0 aromatic heterocycles. The summed E-state index contributed by atoms with van der Waals surface area (Å²) in [6.07, 6.45) is 9.80. The number of hydrogen-bond donors (Lipinski definition) is 2. The largest absolute Gasteiger partial charge is 0.436 e. The van der Waals surface area contributed by atoms with Crippen LogP contribution in [0.2, 0.25) is 0 Å². The molecular weight excluding hydrogens is 433 g/mol. The van der Waals surface area contributed by atoms with Crippen molar-refractivity contribution >= 4 is 11.8 Å². The van der Waals surface area contributed by atoms with E-state index in [1.54, 1.807) is 7.05 Å². The van der Waals surface area contributed by atoms with Crippen LogP contribution in [0.5, 0.6) is 0 Å². The van der Waals surface area contributed by atoms with Gasteiger partial charge >= 0.3 is 6.09 Å². The number of hydrogen-bond acceptors (Lipinski definition) is 5. The zero-order valence-corrected chi connectivity index (χ0v) is 21.7. The first-order chi connectivity index (χ1) is 16.2. The van der Waals surface area contributed by atoms with Gasteiger partial charge in [0, 0.05) is 19.0 Å². The molecule has 4 rings (SSSR count). The van der Waals surface area contributed by atoms with Gasteiger partial charge < -0.3 is 15.3 Å². The van der Waals surface area contributed by atoms with Crippen molar-refractivity contribution in [2.45, 2.75) is 84.7 Å². The van der Waals surface area contributed by atoms with Crippen molar-refractivity contribution in [2.75, 3.05) is 33.4 Å². The zero-order valence-electron chi connectivity index (χ0n) is 21.7. The highest BCUT2D eigenvalue weighted by Gasteiger charge is 2.60. The number of alkyl halides is 1. The summed E-state index contributed by atoms with van der Waals surface area (Å²) in [5.41, 5.74) is 1.49. The number of amides is 1. The zero-order chi connectivity index (χ0) is 24.5. The van der Waals surface area contributed by atoms with E-state index in [4.69, 9.17) is 4.84 Å². The number of aliphatic hydroxyl groups excluding tert-OH is 1. The lowest BCUT2D eigenvalue weighted by Crippen LogP contribution is -2.54. The van der Waals surface area contributed by atoms with Crippen molar-refractivity contribution in [2.24, 2.45) is 45.6 Å². The number of nitrogens with zero attached hydrogens (tertiary/aromatic N) is 2. The third-order valence-corrected chi connectivity index (χ3v) is 10.7. The van der Waals surface area contributed by atoms with E-state index >= 15 is 0 Å². The summed E-state index contributed by atoms with van der Waals surface area (Å²) in [6.45, 7) is 7.40. The average molecular weight is 480 g/mol. The van der Waals surface area contributed by atoms with E-state index in [-0.39, 0.29) is 18.1 Å². The van der Waals surface area contributed by atoms with Crippen LogP contribution in [0.1, 0.15) is 78.6 Å². The van der Waals surface area contributed by atoms with Gasteiger partial charge in [0.25, 0.3) is 0 Å². The predicted molar refractivity (Wildman–Crippen MR) is 132 cm³/mol. The second kappa shape index (κ2) is 10.4. The molecule has 1 amide bonds. The first kappa shape index (κ1) is 25.9. The summed E-state index contributed by atoms with van der Waals surface area (Å²) in [5, 5.41) is 17.5. The van der Waals surface area contributed by atoms with Crippen LogP contribution < -0.4 is 5.32 Å². The number of rotatable bonds is 7. The second-order valence-corrected chi connectivity index (χ2v) is 12.1. The van der Waals surface area contributed by atoms with Gasteiger partial charge in [-0.3, -0.25) is 4.84 Å². The highest BCUT2D eigenvalue weighted by atomic mass is 19.1. The van der Waals surface area contributed by atoms with E-state index in [1.807, 2.05) is 6.92 Å². The molecule has 0 unspecified atom stereocenters. The van der Waals surface area contributed by atoms with Crippen LogP contribution in [-0.4, -0.2) is 61.3 Å². The van der Waals surface area contributed by atoms with Crippen molar-refractivity contribution < 1.29 is 19.1 Å². The number of aliphatic hydroxyl groups is 1. The number of halogens is 1. The maximum Gasteiger partial charge on any atom is 0.436 e. The summed E-state index contributed by atoms with van der Waals surface area (Å²) >= 11 is 0. The molecule has 7 heteroatoms. The summed E-state index contributed by atoms with van der Waals surface area (Å²) in [6, 6.07) is 0. The Balaban J connectivity index is 1.43. The first-order valence-electron chi connectivity index (χ1n) is 13.6. The molecule has 0 spiro atoms. The first-order valence-corrected chi connectivity index (χ1v) is 13.6. The van der Waals surface area contributed by atoms with Gasteiger partial charge in [0.05, 0.1) is 18.4 Å². The Morgan fingerprint density at radius 3 is 2.56 bits per heavy atom. The van der Waals surface area contributed by atoms with E-state index in [0.29, 0.717) is 36.3 Å². The van der Waals surface area contributed by atoms with Crippen LogP contribution in [0.3, 0.4) is 0 Å². The fraction of sp³-hybridized carbons (Fsp3) is 0.926. The third kappa shape index (κ3) is 4.63. The molecule has 8 atom stereocenters. The van der Waals surface area contributed by atoms with Crippen LogP contribution in [-0.2, 0) is 4.84 Å². The molecule has 6 nitrogen and oxygen atoms in total. The van der Waals surface area contributed by atoms with Gasteiger partial charge in [-0.05, 0) is 106 Å². The molecule has 4 fully saturated rings. The van der Waals surface area contributed by atoms with Crippen LogP contribution in [0, 0.1) is 40.4 Å². The topological polar surface area (TPSA) is 74.2 Å². The van der Waals surface area contributed by atoms with Crippen molar-refractivity contribution in [3.63, 3.8) is 0 Å². The van der Waals surface area contributed by atoms with Gasteiger partial charge in [0.2, 0.25) is 0 Å². The van der Waals surface area contributed by atoms with Crippen LogP contribution in [0.25, 0.3) is 0 Å². The van der Waals surface area contributed by atoms with Gasteiger partial charge in [0.1, 0.15) is 6.67 Å². The molecule has 4 saturated carbocycles. The van der Waals surface area contributed by atoms with E-state index in [9.17, 15) is 14.3 Å². The lowest BCUT2D eigenvalue weighted by molar-refractivity contribution is -0.123. The van der Waals surface area contributed by atoms with E-state index in [0.717, 1.165) is 36.8 Å². The standard InChI is InChI=1S/C27H46FN3O3/c1-18(30-34-25(33)31(15-13-28)16-14-29-4)22-7-8-23-21-6-5-19-17-20(32)9-11-26(19,2)24(21)10-12-27(22,23)3/h19-24,29,32H,5-17H2,1-4H3/b30-18+/t19-,20+,21-,22+,23-,24-,26-,27+/m0/s1. The van der Waals surface area contributed by atoms with Crippen LogP contribution >= 0.6 is 0 Å². The maximum absolute atomic E-state index is 12.9. The van der Waals surface area contributed by atoms with Gasteiger partial charge in [-0.2, -0.15) is 0 Å². The fourth-order valence-electron chi connectivity index (χ4n) is 8.80. The minimum Gasteiger partial charge on any atom is -0.393 e. The molecule has 0 radical (unpaired) electrons. The van der Waals surface area contributed by atoms with Gasteiger partial charge in [-0.1, -0.05) is 19.0 Å². The summed E-state index contributed by atoms with van der Waals surface area (Å²) < 4.78 is 12.9. The summed E-state index contributed by atoms with van der Waals surface area (Å²) in [5.74, 6) is 3.23. The Morgan fingerprint density at radius 1 is 1.09 bits per heavy atom. The van der Waals surface area contributed by atoms with Crippen molar-refractivity contribution in [1.82, 2.24) is 10.2 Å². The minimum absolute atomic E-state index is 0.0259. The molecule has 194 valence electrons. The smallest absolute Gasteiger partial charge is 0.393 e. The highest BCUT2D eigenvalue weighted by molar-refractivity contribution is 5.85. The number of likely N-dealkylation sites (N-methyl/N-ethyl adjacent to an activating group) is 1. The molecular formula is C27H46FN3O3. The number of nitrogens with one attached hydrogen (secondary N) is 1. The Bertz CT molecular complexity index is 763. The highest BCUT2D eigenvalue weighted by Crippen LogP contribution is 2.67. The molecule has 0 heterocycles. The number of oxime groups is 1. The molecule has 0 aromatic rings. The Labute approximate surface area is 205 Å². The van der Waals surface area contributed by atoms with Crippen LogP contribution in [0.4, 0.5) is 9.18 Å². The van der Waals surface area contributed by atoms with Gasteiger partial charge in [-0.15, -0.1) is 0 Å².